The number of hydrogen-bond donors (Lipinski definition) is 1. The van der Waals surface area contributed by atoms with Crippen molar-refractivity contribution >= 4 is 5.82 Å². The zero-order valence-corrected chi connectivity index (χ0v) is 8.30. The summed E-state index contributed by atoms with van der Waals surface area (Å²) in [4.78, 5) is 4.59. The molecule has 0 radical (unpaired) electrons. The molecule has 0 unspecified atom stereocenters. The first-order valence-corrected chi connectivity index (χ1v) is 4.96. The van der Waals surface area contributed by atoms with E-state index in [0.29, 0.717) is 5.41 Å². The van der Waals surface area contributed by atoms with Crippen LogP contribution in [0.4, 0.5) is 5.82 Å². The summed E-state index contributed by atoms with van der Waals surface area (Å²) in [5.41, 5.74) is 1.69. The van der Waals surface area contributed by atoms with E-state index in [4.69, 9.17) is 0 Å². The molecule has 1 heterocycles. The van der Waals surface area contributed by atoms with Gasteiger partial charge in [0.2, 0.25) is 0 Å². The maximum absolute atomic E-state index is 4.59. The minimum atomic E-state index is 0.423. The molecular weight excluding hydrogens is 160 g/mol. The molecule has 1 saturated carbocycles. The first-order chi connectivity index (χ1) is 6.30. The topological polar surface area (TPSA) is 24.9 Å². The van der Waals surface area contributed by atoms with Gasteiger partial charge in [-0.3, -0.25) is 0 Å². The second-order valence-corrected chi connectivity index (χ2v) is 3.79. The van der Waals surface area contributed by atoms with Gasteiger partial charge in [-0.25, -0.2) is 4.98 Å². The Labute approximate surface area is 79.4 Å². The Morgan fingerprint density at radius 1 is 1.46 bits per heavy atom. The average Bonchev–Trinajstić information content (AvgIpc) is 2.99. The number of pyridine rings is 1. The van der Waals surface area contributed by atoms with E-state index in [1.807, 2.05) is 13.1 Å². The summed E-state index contributed by atoms with van der Waals surface area (Å²) in [5, 5.41) is 3.08. The van der Waals surface area contributed by atoms with Crippen LogP contribution in [0.15, 0.2) is 18.2 Å². The molecule has 70 valence electrons. The van der Waals surface area contributed by atoms with E-state index in [1.54, 1.807) is 0 Å². The van der Waals surface area contributed by atoms with Crippen LogP contribution in [-0.2, 0) is 5.41 Å². The molecular formula is C11H16N2. The Balaban J connectivity index is 2.30. The molecule has 0 aromatic carbocycles. The van der Waals surface area contributed by atoms with Gasteiger partial charge in [-0.1, -0.05) is 13.0 Å². The van der Waals surface area contributed by atoms with E-state index >= 15 is 0 Å². The Bertz CT molecular complexity index is 303. The molecule has 1 aliphatic rings. The van der Waals surface area contributed by atoms with Crippen molar-refractivity contribution in [3.8, 4) is 0 Å². The largest absolute Gasteiger partial charge is 0.373 e. The lowest BCUT2D eigenvalue weighted by Gasteiger charge is -2.12. The predicted molar refractivity (Wildman–Crippen MR) is 55.0 cm³/mol. The maximum Gasteiger partial charge on any atom is 0.125 e. The lowest BCUT2D eigenvalue weighted by Crippen LogP contribution is -2.08. The molecule has 2 heteroatoms. The van der Waals surface area contributed by atoms with Crippen molar-refractivity contribution < 1.29 is 0 Å². The van der Waals surface area contributed by atoms with Crippen molar-refractivity contribution in [1.82, 2.24) is 4.98 Å². The summed E-state index contributed by atoms with van der Waals surface area (Å²) < 4.78 is 0. The molecule has 1 aliphatic carbocycles. The molecule has 0 bridgehead atoms. The number of hydrogen-bond acceptors (Lipinski definition) is 2. The molecule has 1 aromatic rings. The Hall–Kier alpha value is -1.05. The van der Waals surface area contributed by atoms with E-state index in [2.05, 4.69) is 29.4 Å². The quantitative estimate of drug-likeness (QED) is 0.765. The monoisotopic (exact) mass is 176 g/mol. The molecule has 13 heavy (non-hydrogen) atoms. The van der Waals surface area contributed by atoms with Crippen molar-refractivity contribution in [2.45, 2.75) is 31.6 Å². The Morgan fingerprint density at radius 2 is 2.23 bits per heavy atom. The molecule has 0 atom stereocenters. The highest BCUT2D eigenvalue weighted by molar-refractivity contribution is 5.37. The van der Waals surface area contributed by atoms with E-state index < -0.39 is 0 Å². The molecule has 0 aliphatic heterocycles. The van der Waals surface area contributed by atoms with Crippen LogP contribution in [-0.4, -0.2) is 12.0 Å². The van der Waals surface area contributed by atoms with Gasteiger partial charge in [0.1, 0.15) is 5.82 Å². The Kier molecular flexibility index (Phi) is 1.98. The van der Waals surface area contributed by atoms with E-state index in [9.17, 15) is 0 Å². The number of nitrogens with one attached hydrogen (secondary N) is 1. The van der Waals surface area contributed by atoms with Crippen LogP contribution in [0.25, 0.3) is 0 Å². The van der Waals surface area contributed by atoms with Gasteiger partial charge in [-0.2, -0.15) is 0 Å². The Morgan fingerprint density at radius 3 is 2.77 bits per heavy atom. The van der Waals surface area contributed by atoms with E-state index in [0.717, 1.165) is 5.82 Å². The van der Waals surface area contributed by atoms with Crippen molar-refractivity contribution in [3.63, 3.8) is 0 Å². The molecule has 2 rings (SSSR count). The summed E-state index contributed by atoms with van der Waals surface area (Å²) >= 11 is 0. The van der Waals surface area contributed by atoms with Gasteiger partial charge in [0.25, 0.3) is 0 Å². The minimum absolute atomic E-state index is 0.423. The van der Waals surface area contributed by atoms with Crippen molar-refractivity contribution in [1.29, 1.82) is 0 Å². The first-order valence-electron chi connectivity index (χ1n) is 4.96. The highest BCUT2D eigenvalue weighted by Gasteiger charge is 2.43. The van der Waals surface area contributed by atoms with Crippen LogP contribution in [0.3, 0.4) is 0 Å². The fourth-order valence-electron chi connectivity index (χ4n) is 1.81. The van der Waals surface area contributed by atoms with E-state index in [1.165, 1.54) is 25.0 Å². The summed E-state index contributed by atoms with van der Waals surface area (Å²) in [6.45, 7) is 2.25. The molecule has 1 fully saturated rings. The van der Waals surface area contributed by atoms with Crippen LogP contribution in [0.5, 0.6) is 0 Å². The fourth-order valence-corrected chi connectivity index (χ4v) is 1.81. The van der Waals surface area contributed by atoms with Crippen LogP contribution in [0.2, 0.25) is 0 Å². The van der Waals surface area contributed by atoms with Gasteiger partial charge < -0.3 is 5.32 Å². The molecule has 1 N–H and O–H groups in total. The van der Waals surface area contributed by atoms with Crippen LogP contribution >= 0.6 is 0 Å². The molecule has 1 aromatic heterocycles. The maximum atomic E-state index is 4.59. The van der Waals surface area contributed by atoms with Crippen LogP contribution in [0, 0.1) is 0 Å². The highest BCUT2D eigenvalue weighted by Crippen LogP contribution is 2.50. The van der Waals surface area contributed by atoms with Crippen molar-refractivity contribution in [3.05, 3.63) is 23.9 Å². The van der Waals surface area contributed by atoms with E-state index in [-0.39, 0.29) is 0 Å². The van der Waals surface area contributed by atoms with Gasteiger partial charge in [-0.05, 0) is 31.4 Å². The smallest absolute Gasteiger partial charge is 0.125 e. The number of aromatic nitrogens is 1. The van der Waals surface area contributed by atoms with Crippen LogP contribution in [0.1, 0.15) is 31.9 Å². The normalized spacial score (nSPS) is 18.3. The number of nitrogens with zero attached hydrogens (tertiary/aromatic N) is 1. The molecule has 0 saturated heterocycles. The first kappa shape index (κ1) is 8.54. The van der Waals surface area contributed by atoms with Crippen molar-refractivity contribution in [2.75, 3.05) is 12.4 Å². The average molecular weight is 176 g/mol. The minimum Gasteiger partial charge on any atom is -0.373 e. The summed E-state index contributed by atoms with van der Waals surface area (Å²) in [7, 11) is 1.91. The van der Waals surface area contributed by atoms with Crippen molar-refractivity contribution in [2.24, 2.45) is 0 Å². The molecule has 0 amide bonds. The lowest BCUT2D eigenvalue weighted by atomic mass is 9.99. The third-order valence-corrected chi connectivity index (χ3v) is 3.08. The standard InChI is InChI=1S/C11H16N2/c1-3-11(7-8-11)9-5-4-6-10(12-2)13-9/h4-6H,3,7-8H2,1-2H3,(H,12,13). The second kappa shape index (κ2) is 3.02. The summed E-state index contributed by atoms with van der Waals surface area (Å²) in [5.74, 6) is 0.984. The van der Waals surface area contributed by atoms with Gasteiger partial charge in [0.05, 0.1) is 0 Å². The highest BCUT2D eigenvalue weighted by atomic mass is 15.0. The number of anilines is 1. The van der Waals surface area contributed by atoms with Crippen LogP contribution < -0.4 is 5.32 Å². The summed E-state index contributed by atoms with van der Waals surface area (Å²) in [6, 6.07) is 6.25. The van der Waals surface area contributed by atoms with Gasteiger partial charge in [0, 0.05) is 18.2 Å². The number of rotatable bonds is 3. The predicted octanol–water partition coefficient (Wildman–Crippen LogP) is 2.56. The van der Waals surface area contributed by atoms with Gasteiger partial charge in [-0.15, -0.1) is 0 Å². The zero-order chi connectivity index (χ0) is 9.31. The SMILES string of the molecule is CCC1(c2cccc(NC)n2)CC1. The molecule has 0 spiro atoms. The second-order valence-electron chi connectivity index (χ2n) is 3.79. The lowest BCUT2D eigenvalue weighted by molar-refractivity contribution is 0.642. The van der Waals surface area contributed by atoms with Gasteiger partial charge in [0.15, 0.2) is 0 Å². The summed E-state index contributed by atoms with van der Waals surface area (Å²) in [6.07, 6.45) is 3.83. The van der Waals surface area contributed by atoms with Gasteiger partial charge >= 0.3 is 0 Å². The fraction of sp³-hybridized carbons (Fsp3) is 0.545. The zero-order valence-electron chi connectivity index (χ0n) is 8.30. The third-order valence-electron chi connectivity index (χ3n) is 3.08. The third kappa shape index (κ3) is 1.41. The molecule has 2 nitrogen and oxygen atoms in total.